The predicted molar refractivity (Wildman–Crippen MR) is 79.1 cm³/mol. The van der Waals surface area contributed by atoms with Crippen LogP contribution in [0.3, 0.4) is 0 Å². The number of hydrogen-bond donors (Lipinski definition) is 1. The van der Waals surface area contributed by atoms with Crippen molar-refractivity contribution in [3.63, 3.8) is 0 Å². The van der Waals surface area contributed by atoms with E-state index in [4.69, 9.17) is 12.2 Å². The Morgan fingerprint density at radius 1 is 1.39 bits per heavy atom. The van der Waals surface area contributed by atoms with Gasteiger partial charge in [-0.05, 0) is 22.9 Å². The highest BCUT2D eigenvalue weighted by Gasteiger charge is 2.25. The van der Waals surface area contributed by atoms with Crippen molar-refractivity contribution < 1.29 is 8.42 Å². The van der Waals surface area contributed by atoms with Crippen LogP contribution in [-0.2, 0) is 15.3 Å². The summed E-state index contributed by atoms with van der Waals surface area (Å²) in [5.74, 6) is 0.385. The minimum Gasteiger partial charge on any atom is -0.345 e. The third-order valence-corrected chi connectivity index (χ3v) is 5.50. The molecule has 0 saturated carbocycles. The first-order valence-electron chi connectivity index (χ1n) is 5.43. The number of nitrogens with one attached hydrogen (secondary N) is 1. The molecule has 0 amide bonds. The normalized spacial score (nSPS) is 14.6. The number of sulfone groups is 1. The second-order valence-corrected chi connectivity index (χ2v) is 8.88. The summed E-state index contributed by atoms with van der Waals surface area (Å²) in [6.45, 7) is 7.66. The molecule has 1 heterocycles. The lowest BCUT2D eigenvalue weighted by Crippen LogP contribution is -2.19. The third kappa shape index (κ3) is 3.39. The van der Waals surface area contributed by atoms with Crippen LogP contribution >= 0.6 is 28.1 Å². The zero-order valence-corrected chi connectivity index (χ0v) is 14.3. The van der Waals surface area contributed by atoms with E-state index in [1.165, 1.54) is 6.26 Å². The van der Waals surface area contributed by atoms with Crippen LogP contribution < -0.4 is 0 Å². The minimum atomic E-state index is -3.20. The van der Waals surface area contributed by atoms with E-state index < -0.39 is 15.1 Å². The highest BCUT2D eigenvalue weighted by Crippen LogP contribution is 2.30. The largest absolute Gasteiger partial charge is 0.345 e. The Morgan fingerprint density at radius 2 is 1.89 bits per heavy atom. The van der Waals surface area contributed by atoms with E-state index in [1.807, 2.05) is 20.8 Å². The van der Waals surface area contributed by atoms with Gasteiger partial charge in [0.05, 0.1) is 4.47 Å². The second-order valence-electron chi connectivity index (χ2n) is 5.34. The molecule has 1 unspecified atom stereocenters. The fourth-order valence-corrected chi connectivity index (χ4v) is 2.89. The van der Waals surface area contributed by atoms with E-state index in [1.54, 1.807) is 6.92 Å². The number of rotatable bonds is 2. The van der Waals surface area contributed by atoms with Crippen LogP contribution in [0.4, 0.5) is 0 Å². The highest BCUT2D eigenvalue weighted by atomic mass is 79.9. The fourth-order valence-electron chi connectivity index (χ4n) is 1.39. The number of aromatic amines is 1. The maximum absolute atomic E-state index is 11.6. The first-order chi connectivity index (χ1) is 7.94. The summed E-state index contributed by atoms with van der Waals surface area (Å²) >= 11 is 8.57. The molecule has 0 spiro atoms. The van der Waals surface area contributed by atoms with Gasteiger partial charge in [-0.1, -0.05) is 33.0 Å². The minimum absolute atomic E-state index is 0.179. The molecular formula is C11H17BrN2O2S2. The maximum atomic E-state index is 11.6. The van der Waals surface area contributed by atoms with Gasteiger partial charge in [-0.15, -0.1) is 0 Å². The molecule has 0 aliphatic carbocycles. The Morgan fingerprint density at radius 3 is 2.28 bits per heavy atom. The van der Waals surface area contributed by atoms with E-state index in [2.05, 4.69) is 25.9 Å². The average Bonchev–Trinajstić information content (AvgIpc) is 2.17. The van der Waals surface area contributed by atoms with Crippen molar-refractivity contribution in [1.82, 2.24) is 9.97 Å². The molecule has 1 aromatic heterocycles. The number of halogens is 1. The third-order valence-electron chi connectivity index (χ3n) is 2.66. The Hall–Kier alpha value is -0.270. The van der Waals surface area contributed by atoms with Gasteiger partial charge in [-0.3, -0.25) is 0 Å². The molecule has 1 atom stereocenters. The zero-order valence-electron chi connectivity index (χ0n) is 11.0. The standard InChI is InChI=1S/C11H17BrN2O2S2/c1-6(18(5,15)16)9-13-8(11(2,3)4)7(12)10(17)14-9/h6H,1-5H3,(H,13,14,17). The lowest BCUT2D eigenvalue weighted by Gasteiger charge is -2.22. The van der Waals surface area contributed by atoms with Crippen molar-refractivity contribution >= 4 is 38.0 Å². The van der Waals surface area contributed by atoms with Gasteiger partial charge in [0.25, 0.3) is 0 Å². The molecule has 102 valence electrons. The van der Waals surface area contributed by atoms with Crippen LogP contribution in [0, 0.1) is 4.64 Å². The molecule has 0 aliphatic rings. The molecule has 0 fully saturated rings. The number of nitrogens with zero attached hydrogens (tertiary/aromatic N) is 1. The summed E-state index contributed by atoms with van der Waals surface area (Å²) < 4.78 is 24.3. The van der Waals surface area contributed by atoms with Crippen molar-refractivity contribution in [3.05, 3.63) is 20.6 Å². The van der Waals surface area contributed by atoms with Gasteiger partial charge < -0.3 is 4.98 Å². The van der Waals surface area contributed by atoms with E-state index >= 15 is 0 Å². The summed E-state index contributed by atoms with van der Waals surface area (Å²) in [7, 11) is -3.20. The van der Waals surface area contributed by atoms with Crippen molar-refractivity contribution in [2.75, 3.05) is 6.26 Å². The maximum Gasteiger partial charge on any atom is 0.157 e. The topological polar surface area (TPSA) is 62.8 Å². The molecule has 0 aromatic carbocycles. The molecular weight excluding hydrogens is 336 g/mol. The summed E-state index contributed by atoms with van der Waals surface area (Å²) in [6, 6.07) is 0. The average molecular weight is 353 g/mol. The number of H-pyrrole nitrogens is 1. The summed E-state index contributed by atoms with van der Waals surface area (Å²) in [6.07, 6.45) is 1.19. The fraction of sp³-hybridized carbons (Fsp3) is 0.636. The summed E-state index contributed by atoms with van der Waals surface area (Å²) in [4.78, 5) is 7.24. The summed E-state index contributed by atoms with van der Waals surface area (Å²) in [5.41, 5.74) is 0.675. The van der Waals surface area contributed by atoms with E-state index in [0.29, 0.717) is 10.5 Å². The van der Waals surface area contributed by atoms with Gasteiger partial charge in [-0.2, -0.15) is 0 Å². The van der Waals surface area contributed by atoms with Gasteiger partial charge >= 0.3 is 0 Å². The van der Waals surface area contributed by atoms with E-state index in [0.717, 1.165) is 10.2 Å². The quantitative estimate of drug-likeness (QED) is 0.829. The van der Waals surface area contributed by atoms with Crippen molar-refractivity contribution in [2.45, 2.75) is 38.4 Å². The van der Waals surface area contributed by atoms with Crippen LogP contribution in [0.15, 0.2) is 4.47 Å². The molecule has 18 heavy (non-hydrogen) atoms. The summed E-state index contributed by atoms with van der Waals surface area (Å²) in [5, 5.41) is -0.701. The van der Waals surface area contributed by atoms with Crippen molar-refractivity contribution in [2.24, 2.45) is 0 Å². The Kier molecular flexibility index (Phi) is 4.40. The van der Waals surface area contributed by atoms with Crippen molar-refractivity contribution in [1.29, 1.82) is 0 Å². The van der Waals surface area contributed by atoms with Gasteiger partial charge in [0.2, 0.25) is 0 Å². The first kappa shape index (κ1) is 15.8. The molecule has 0 bridgehead atoms. The molecule has 1 aromatic rings. The molecule has 1 rings (SSSR count). The molecule has 0 saturated heterocycles. The van der Waals surface area contributed by atoms with Crippen LogP contribution in [0.2, 0.25) is 0 Å². The Balaban J connectivity index is 3.53. The van der Waals surface area contributed by atoms with Gasteiger partial charge in [0, 0.05) is 17.4 Å². The SMILES string of the molecule is CC(c1nc(=S)c(Br)c(C(C)(C)C)[nH]1)S(C)(=O)=O. The van der Waals surface area contributed by atoms with E-state index in [9.17, 15) is 8.42 Å². The second kappa shape index (κ2) is 5.02. The highest BCUT2D eigenvalue weighted by molar-refractivity contribution is 9.10. The number of aromatic nitrogens is 2. The lowest BCUT2D eigenvalue weighted by molar-refractivity contribution is 0.553. The lowest BCUT2D eigenvalue weighted by atomic mass is 9.92. The Bertz CT molecular complexity index is 615. The van der Waals surface area contributed by atoms with Crippen molar-refractivity contribution in [3.8, 4) is 0 Å². The van der Waals surface area contributed by atoms with Gasteiger partial charge in [-0.25, -0.2) is 13.4 Å². The molecule has 0 aliphatic heterocycles. The molecule has 0 radical (unpaired) electrons. The Labute approximate surface area is 121 Å². The molecule has 1 N–H and O–H groups in total. The smallest absolute Gasteiger partial charge is 0.157 e. The number of hydrogen-bond acceptors (Lipinski definition) is 4. The molecule has 4 nitrogen and oxygen atoms in total. The van der Waals surface area contributed by atoms with E-state index in [-0.39, 0.29) is 5.41 Å². The van der Waals surface area contributed by atoms with Gasteiger partial charge in [0.15, 0.2) is 9.84 Å². The van der Waals surface area contributed by atoms with Crippen LogP contribution in [0.1, 0.15) is 44.5 Å². The molecule has 7 heteroatoms. The monoisotopic (exact) mass is 352 g/mol. The predicted octanol–water partition coefficient (Wildman–Crippen LogP) is 3.30. The van der Waals surface area contributed by atoms with Crippen LogP contribution in [0.5, 0.6) is 0 Å². The van der Waals surface area contributed by atoms with Crippen LogP contribution in [-0.4, -0.2) is 24.6 Å². The first-order valence-corrected chi connectivity index (χ1v) is 8.59. The zero-order chi connectivity index (χ0) is 14.3. The van der Waals surface area contributed by atoms with Gasteiger partial charge in [0.1, 0.15) is 15.7 Å². The van der Waals surface area contributed by atoms with Crippen LogP contribution in [0.25, 0.3) is 0 Å².